The minimum absolute atomic E-state index is 0.0741. The van der Waals surface area contributed by atoms with E-state index in [2.05, 4.69) is 47.0 Å². The molecule has 5 nitrogen and oxygen atoms in total. The van der Waals surface area contributed by atoms with E-state index in [1.807, 2.05) is 37.4 Å². The number of rotatable bonds is 11. The molecule has 6 heteroatoms. The Hall–Kier alpha value is -3.25. The lowest BCUT2D eigenvalue weighted by Crippen LogP contribution is -2.49. The minimum atomic E-state index is -0.618. The van der Waals surface area contributed by atoms with Crippen LogP contribution in [0.5, 0.6) is 5.75 Å². The molecule has 0 bridgehead atoms. The Kier molecular flexibility index (Phi) is 9.59. The first-order chi connectivity index (χ1) is 16.5. The molecule has 0 radical (unpaired) electrons. The Labute approximate surface area is 206 Å². The Morgan fingerprint density at radius 2 is 1.53 bits per heavy atom. The van der Waals surface area contributed by atoms with Crippen LogP contribution in [0.4, 0.5) is 0 Å². The van der Waals surface area contributed by atoms with Gasteiger partial charge in [0.25, 0.3) is 5.91 Å². The van der Waals surface area contributed by atoms with Crippen molar-refractivity contribution >= 4 is 23.6 Å². The van der Waals surface area contributed by atoms with E-state index in [0.717, 1.165) is 16.9 Å². The third kappa shape index (κ3) is 7.12. The molecule has 178 valence electrons. The summed E-state index contributed by atoms with van der Waals surface area (Å²) in [5.41, 5.74) is 3.90. The molecule has 3 aromatic carbocycles. The van der Waals surface area contributed by atoms with Crippen molar-refractivity contribution in [2.24, 2.45) is 0 Å². The first kappa shape index (κ1) is 25.4. The van der Waals surface area contributed by atoms with Crippen molar-refractivity contribution < 1.29 is 14.3 Å². The highest BCUT2D eigenvalue weighted by molar-refractivity contribution is 7.98. The zero-order valence-corrected chi connectivity index (χ0v) is 20.7. The van der Waals surface area contributed by atoms with Gasteiger partial charge in [0, 0.05) is 6.04 Å². The molecule has 0 saturated carbocycles. The summed E-state index contributed by atoms with van der Waals surface area (Å²) in [6, 6.07) is 25.0. The molecule has 0 aromatic heterocycles. The van der Waals surface area contributed by atoms with Gasteiger partial charge in [-0.15, -0.1) is 0 Å². The second kappa shape index (κ2) is 12.8. The molecular formula is C28H32N2O3S. The summed E-state index contributed by atoms with van der Waals surface area (Å²) in [5, 5.41) is 5.97. The molecule has 0 aliphatic rings. The molecule has 0 unspecified atom stereocenters. The third-order valence-corrected chi connectivity index (χ3v) is 6.22. The van der Waals surface area contributed by atoms with Crippen LogP contribution in [0.25, 0.3) is 11.1 Å². The fourth-order valence-electron chi connectivity index (χ4n) is 3.78. The van der Waals surface area contributed by atoms with E-state index in [4.69, 9.17) is 4.74 Å². The van der Waals surface area contributed by atoms with E-state index in [1.54, 1.807) is 30.0 Å². The van der Waals surface area contributed by atoms with Gasteiger partial charge >= 0.3 is 0 Å². The van der Waals surface area contributed by atoms with E-state index < -0.39 is 6.04 Å². The predicted octanol–water partition coefficient (Wildman–Crippen LogP) is 4.96. The highest BCUT2D eigenvalue weighted by Gasteiger charge is 2.23. The van der Waals surface area contributed by atoms with Crippen molar-refractivity contribution in [2.75, 3.05) is 19.1 Å². The molecule has 0 heterocycles. The van der Waals surface area contributed by atoms with E-state index in [0.29, 0.717) is 24.2 Å². The highest BCUT2D eigenvalue weighted by Crippen LogP contribution is 2.20. The lowest BCUT2D eigenvalue weighted by atomic mass is 10.0. The number of carbonyl (C=O) groups is 2. The molecule has 3 aromatic rings. The zero-order valence-electron chi connectivity index (χ0n) is 19.9. The zero-order chi connectivity index (χ0) is 24.3. The average molecular weight is 477 g/mol. The van der Waals surface area contributed by atoms with Gasteiger partial charge in [-0.3, -0.25) is 9.59 Å². The molecule has 0 saturated heterocycles. The van der Waals surface area contributed by atoms with E-state index in [1.165, 1.54) is 12.7 Å². The molecule has 3 rings (SSSR count). The standard InChI is InChI=1S/C28H32N2O3S/c1-20(19-21-13-15-23(16-14-21)22-9-5-4-6-10-22)29-28(32)25(17-18-34-3)30-27(31)24-11-7-8-12-26(24)33-2/h4-16,20,25H,17-19H2,1-3H3,(H,29,32)(H,30,31)/t20-,25-/m1/s1. The van der Waals surface area contributed by atoms with Crippen LogP contribution in [0.3, 0.4) is 0 Å². The molecular weight excluding hydrogens is 444 g/mol. The number of benzene rings is 3. The van der Waals surface area contributed by atoms with Crippen LogP contribution in [-0.4, -0.2) is 43.0 Å². The predicted molar refractivity (Wildman–Crippen MR) is 140 cm³/mol. The van der Waals surface area contributed by atoms with Gasteiger partial charge in [0.1, 0.15) is 11.8 Å². The van der Waals surface area contributed by atoms with Gasteiger partial charge in [-0.25, -0.2) is 0 Å². The summed E-state index contributed by atoms with van der Waals surface area (Å²) < 4.78 is 5.29. The minimum Gasteiger partial charge on any atom is -0.496 e. The first-order valence-corrected chi connectivity index (χ1v) is 12.8. The van der Waals surface area contributed by atoms with Crippen LogP contribution >= 0.6 is 11.8 Å². The number of hydrogen-bond acceptors (Lipinski definition) is 4. The van der Waals surface area contributed by atoms with Gasteiger partial charge in [-0.05, 0) is 60.6 Å². The maximum atomic E-state index is 13.0. The van der Waals surface area contributed by atoms with Crippen molar-refractivity contribution in [3.8, 4) is 16.9 Å². The third-order valence-electron chi connectivity index (χ3n) is 5.58. The fraction of sp³-hybridized carbons (Fsp3) is 0.286. The molecule has 0 aliphatic carbocycles. The Morgan fingerprint density at radius 1 is 0.882 bits per heavy atom. The maximum absolute atomic E-state index is 13.0. The molecule has 0 aliphatic heterocycles. The molecule has 2 atom stereocenters. The molecule has 0 spiro atoms. The molecule has 2 amide bonds. The van der Waals surface area contributed by atoms with Crippen molar-refractivity contribution in [2.45, 2.75) is 31.8 Å². The average Bonchev–Trinajstić information content (AvgIpc) is 2.87. The second-order valence-corrected chi connectivity index (χ2v) is 9.17. The van der Waals surface area contributed by atoms with Crippen LogP contribution in [0.1, 0.15) is 29.3 Å². The SMILES string of the molecule is COc1ccccc1C(=O)N[C@H](CCSC)C(=O)N[C@H](C)Cc1ccc(-c2ccccc2)cc1. The fourth-order valence-corrected chi connectivity index (χ4v) is 4.26. The number of amides is 2. The van der Waals surface area contributed by atoms with E-state index in [-0.39, 0.29) is 17.9 Å². The summed E-state index contributed by atoms with van der Waals surface area (Å²) >= 11 is 1.64. The second-order valence-electron chi connectivity index (χ2n) is 8.18. The van der Waals surface area contributed by atoms with Gasteiger partial charge in [0.15, 0.2) is 0 Å². The van der Waals surface area contributed by atoms with E-state index in [9.17, 15) is 9.59 Å². The smallest absolute Gasteiger partial charge is 0.255 e. The monoisotopic (exact) mass is 476 g/mol. The summed E-state index contributed by atoms with van der Waals surface area (Å²) in [5.74, 6) is 0.754. The largest absolute Gasteiger partial charge is 0.496 e. The summed E-state index contributed by atoms with van der Waals surface area (Å²) in [6.07, 6.45) is 3.24. The van der Waals surface area contributed by atoms with Crippen LogP contribution in [0, 0.1) is 0 Å². The normalized spacial score (nSPS) is 12.4. The Bertz CT molecular complexity index is 1070. The lowest BCUT2D eigenvalue weighted by Gasteiger charge is -2.22. The van der Waals surface area contributed by atoms with Gasteiger partial charge in [0.05, 0.1) is 12.7 Å². The summed E-state index contributed by atoms with van der Waals surface area (Å²) in [6.45, 7) is 1.98. The quantitative estimate of drug-likeness (QED) is 0.410. The number of hydrogen-bond donors (Lipinski definition) is 2. The molecule has 2 N–H and O–H groups in total. The topological polar surface area (TPSA) is 67.4 Å². The van der Waals surface area contributed by atoms with Crippen LogP contribution in [-0.2, 0) is 11.2 Å². The molecule has 34 heavy (non-hydrogen) atoms. The van der Waals surface area contributed by atoms with Crippen molar-refractivity contribution in [1.82, 2.24) is 10.6 Å². The number of methoxy groups -OCH3 is 1. The first-order valence-electron chi connectivity index (χ1n) is 11.4. The summed E-state index contributed by atoms with van der Waals surface area (Å²) in [4.78, 5) is 25.9. The van der Waals surface area contributed by atoms with Gasteiger partial charge in [0.2, 0.25) is 5.91 Å². The van der Waals surface area contributed by atoms with Crippen LogP contribution in [0.15, 0.2) is 78.9 Å². The number of ether oxygens (including phenoxy) is 1. The van der Waals surface area contributed by atoms with Gasteiger partial charge < -0.3 is 15.4 Å². The number of nitrogens with one attached hydrogen (secondary N) is 2. The maximum Gasteiger partial charge on any atom is 0.255 e. The van der Waals surface area contributed by atoms with Crippen molar-refractivity contribution in [3.05, 3.63) is 90.0 Å². The lowest BCUT2D eigenvalue weighted by molar-refractivity contribution is -0.123. The van der Waals surface area contributed by atoms with Gasteiger partial charge in [-0.1, -0.05) is 66.7 Å². The summed E-state index contributed by atoms with van der Waals surface area (Å²) in [7, 11) is 1.53. The van der Waals surface area contributed by atoms with E-state index >= 15 is 0 Å². The number of para-hydroxylation sites is 1. The van der Waals surface area contributed by atoms with Crippen LogP contribution in [0.2, 0.25) is 0 Å². The van der Waals surface area contributed by atoms with Crippen LogP contribution < -0.4 is 15.4 Å². The van der Waals surface area contributed by atoms with Gasteiger partial charge in [-0.2, -0.15) is 11.8 Å². The Morgan fingerprint density at radius 3 is 2.21 bits per heavy atom. The molecule has 0 fully saturated rings. The van der Waals surface area contributed by atoms with Crippen molar-refractivity contribution in [3.63, 3.8) is 0 Å². The Balaban J connectivity index is 1.61. The highest BCUT2D eigenvalue weighted by atomic mass is 32.2. The number of thioether (sulfide) groups is 1. The number of carbonyl (C=O) groups excluding carboxylic acids is 2. The van der Waals surface area contributed by atoms with Crippen molar-refractivity contribution in [1.29, 1.82) is 0 Å².